The van der Waals surface area contributed by atoms with Crippen LogP contribution in [0.5, 0.6) is 0 Å². The Morgan fingerprint density at radius 1 is 1.08 bits per heavy atom. The summed E-state index contributed by atoms with van der Waals surface area (Å²) in [6.07, 6.45) is -0.0923. The zero-order valence-electron chi connectivity index (χ0n) is 20.0. The molecular formula is C24H27ClN4O5S2. The predicted molar refractivity (Wildman–Crippen MR) is 139 cm³/mol. The molecule has 0 aliphatic carbocycles. The normalized spacial score (nSPS) is 15.5. The number of hydrogen-bond donors (Lipinski definition) is 1. The van der Waals surface area contributed by atoms with Gasteiger partial charge < -0.3 is 14.6 Å². The number of nitrogens with zero attached hydrogens (tertiary/aromatic N) is 4. The SMILES string of the molecule is C/N=c1\sc(C(=O)O)c(CN2CCN(C(=O)CCS(=O)(=O)c3ccc4cc(Cl)ccc4c3)CC2)n1C. The molecule has 1 saturated heterocycles. The lowest BCUT2D eigenvalue weighted by Gasteiger charge is -2.34. The number of piperazine rings is 1. The average molecular weight is 551 g/mol. The van der Waals surface area contributed by atoms with Crippen molar-refractivity contribution >= 4 is 55.4 Å². The molecule has 3 aromatic rings. The van der Waals surface area contributed by atoms with E-state index in [-0.39, 0.29) is 27.9 Å². The molecule has 12 heteroatoms. The molecule has 36 heavy (non-hydrogen) atoms. The Kier molecular flexibility index (Phi) is 7.84. The second kappa shape index (κ2) is 10.7. The van der Waals surface area contributed by atoms with E-state index in [2.05, 4.69) is 9.89 Å². The van der Waals surface area contributed by atoms with Crippen LogP contribution in [0.4, 0.5) is 0 Å². The first-order valence-electron chi connectivity index (χ1n) is 11.4. The lowest BCUT2D eigenvalue weighted by Crippen LogP contribution is -2.48. The molecule has 1 fully saturated rings. The van der Waals surface area contributed by atoms with Crippen molar-refractivity contribution in [1.29, 1.82) is 0 Å². The number of hydrogen-bond acceptors (Lipinski definition) is 7. The summed E-state index contributed by atoms with van der Waals surface area (Å²) in [6, 6.07) is 10.1. The largest absolute Gasteiger partial charge is 0.477 e. The van der Waals surface area contributed by atoms with E-state index >= 15 is 0 Å². The third-order valence-electron chi connectivity index (χ3n) is 6.35. The van der Waals surface area contributed by atoms with Gasteiger partial charge in [-0.1, -0.05) is 35.1 Å². The third kappa shape index (κ3) is 5.64. The highest BCUT2D eigenvalue weighted by Gasteiger charge is 2.26. The van der Waals surface area contributed by atoms with Crippen LogP contribution in [-0.2, 0) is 28.2 Å². The maximum Gasteiger partial charge on any atom is 0.347 e. The zero-order chi connectivity index (χ0) is 26.0. The van der Waals surface area contributed by atoms with E-state index in [1.807, 2.05) is 0 Å². The van der Waals surface area contributed by atoms with Crippen LogP contribution >= 0.6 is 22.9 Å². The number of sulfone groups is 1. The lowest BCUT2D eigenvalue weighted by molar-refractivity contribution is -0.132. The first kappa shape index (κ1) is 26.3. The fraction of sp³-hybridized carbons (Fsp3) is 0.375. The summed E-state index contributed by atoms with van der Waals surface area (Å²) in [4.78, 5) is 33.4. The van der Waals surface area contributed by atoms with Crippen molar-refractivity contribution in [1.82, 2.24) is 14.4 Å². The lowest BCUT2D eigenvalue weighted by atomic mass is 10.1. The molecule has 1 aromatic heterocycles. The van der Waals surface area contributed by atoms with E-state index in [4.69, 9.17) is 11.6 Å². The maximum absolute atomic E-state index is 12.9. The first-order chi connectivity index (χ1) is 17.1. The number of rotatable bonds is 7. The number of carbonyl (C=O) groups is 2. The number of thiazole rings is 1. The first-order valence-corrected chi connectivity index (χ1v) is 14.2. The van der Waals surface area contributed by atoms with Crippen LogP contribution in [0.15, 0.2) is 46.3 Å². The van der Waals surface area contributed by atoms with Crippen LogP contribution in [0.2, 0.25) is 5.02 Å². The highest BCUT2D eigenvalue weighted by Crippen LogP contribution is 2.24. The molecule has 2 aromatic carbocycles. The molecule has 0 unspecified atom stereocenters. The van der Waals surface area contributed by atoms with Gasteiger partial charge in [0.25, 0.3) is 0 Å². The summed E-state index contributed by atoms with van der Waals surface area (Å²) in [5.74, 6) is -1.45. The van der Waals surface area contributed by atoms with Crippen LogP contribution in [0, 0.1) is 0 Å². The monoisotopic (exact) mass is 550 g/mol. The number of amides is 1. The van der Waals surface area contributed by atoms with Crippen molar-refractivity contribution in [2.75, 3.05) is 39.0 Å². The van der Waals surface area contributed by atoms with E-state index in [9.17, 15) is 23.1 Å². The number of halogens is 1. The summed E-state index contributed by atoms with van der Waals surface area (Å²) in [7, 11) is -0.198. The fourth-order valence-corrected chi connectivity index (χ4v) is 6.65. The molecule has 0 saturated carbocycles. The molecule has 1 amide bonds. The maximum atomic E-state index is 12.9. The molecule has 192 valence electrons. The molecule has 9 nitrogen and oxygen atoms in total. The topological polar surface area (TPSA) is 112 Å². The van der Waals surface area contributed by atoms with Gasteiger partial charge in [0.1, 0.15) is 4.88 Å². The van der Waals surface area contributed by atoms with Crippen molar-refractivity contribution in [2.24, 2.45) is 12.0 Å². The molecule has 1 aliphatic heterocycles. The molecule has 2 heterocycles. The second-order valence-corrected chi connectivity index (χ2v) is 12.2. The molecule has 4 rings (SSSR count). The Bertz CT molecular complexity index is 1490. The Morgan fingerprint density at radius 3 is 2.42 bits per heavy atom. The minimum Gasteiger partial charge on any atom is -0.477 e. The van der Waals surface area contributed by atoms with Crippen molar-refractivity contribution in [3.05, 3.63) is 56.8 Å². The number of aromatic carboxylic acids is 1. The molecule has 1 N–H and O–H groups in total. The van der Waals surface area contributed by atoms with Gasteiger partial charge >= 0.3 is 5.97 Å². The number of benzene rings is 2. The number of carboxylic acids is 1. The molecule has 0 atom stereocenters. The minimum atomic E-state index is -3.62. The van der Waals surface area contributed by atoms with Crippen LogP contribution in [-0.4, -0.2) is 78.7 Å². The highest BCUT2D eigenvalue weighted by molar-refractivity contribution is 7.91. The zero-order valence-corrected chi connectivity index (χ0v) is 22.4. The van der Waals surface area contributed by atoms with Crippen molar-refractivity contribution in [3.8, 4) is 0 Å². The summed E-state index contributed by atoms with van der Waals surface area (Å²) in [5, 5.41) is 11.7. The molecule has 1 aliphatic rings. The number of fused-ring (bicyclic) bond motifs is 1. The summed E-state index contributed by atoms with van der Waals surface area (Å²) in [5.41, 5.74) is 0.677. The smallest absolute Gasteiger partial charge is 0.347 e. The van der Waals surface area contributed by atoms with Crippen LogP contribution in [0.1, 0.15) is 21.8 Å². The van der Waals surface area contributed by atoms with Crippen molar-refractivity contribution in [2.45, 2.75) is 17.9 Å². The Balaban J connectivity index is 1.34. The van der Waals surface area contributed by atoms with Gasteiger partial charge in [0.05, 0.1) is 16.3 Å². The van der Waals surface area contributed by atoms with Crippen molar-refractivity contribution in [3.63, 3.8) is 0 Å². The summed E-state index contributed by atoms with van der Waals surface area (Å²) in [6.45, 7) is 2.49. The number of carbonyl (C=O) groups excluding carboxylic acids is 1. The Morgan fingerprint density at radius 2 is 1.75 bits per heavy atom. The highest BCUT2D eigenvalue weighted by atomic mass is 35.5. The van der Waals surface area contributed by atoms with Gasteiger partial charge in [0.2, 0.25) is 5.91 Å². The minimum absolute atomic E-state index is 0.0923. The molecule has 0 radical (unpaired) electrons. The van der Waals surface area contributed by atoms with E-state index in [0.717, 1.165) is 22.1 Å². The molecular weight excluding hydrogens is 524 g/mol. The fourth-order valence-electron chi connectivity index (χ4n) is 4.28. The van der Waals surface area contributed by atoms with Gasteiger partial charge in [-0.3, -0.25) is 14.7 Å². The molecule has 0 bridgehead atoms. The number of carboxylic acid groups (broad SMARTS) is 1. The third-order valence-corrected chi connectivity index (χ3v) is 9.55. The van der Waals surface area contributed by atoms with Gasteiger partial charge in [0.15, 0.2) is 14.6 Å². The summed E-state index contributed by atoms with van der Waals surface area (Å²) >= 11 is 7.14. The predicted octanol–water partition coefficient (Wildman–Crippen LogP) is 2.63. The quantitative estimate of drug-likeness (QED) is 0.484. The van der Waals surface area contributed by atoms with Gasteiger partial charge in [-0.15, -0.1) is 0 Å². The van der Waals surface area contributed by atoms with Crippen molar-refractivity contribution < 1.29 is 23.1 Å². The summed E-state index contributed by atoms with van der Waals surface area (Å²) < 4.78 is 27.5. The van der Waals surface area contributed by atoms with E-state index in [1.54, 1.807) is 60.0 Å². The van der Waals surface area contributed by atoms with E-state index in [1.165, 1.54) is 0 Å². The second-order valence-electron chi connectivity index (χ2n) is 8.63. The standard InChI is InChI=1S/C24H27ClN4O5S2/c1-26-24-27(2)20(22(35-24)23(31)32)15-28-8-10-29(11-9-28)21(30)7-12-36(33,34)19-6-4-16-13-18(25)5-3-17(16)14-19/h3-6,13-14H,7-12,15H2,1-2H3,(H,31,32)/b26-24-. The van der Waals surface area contributed by atoms with Crippen LogP contribution in [0.25, 0.3) is 10.8 Å². The van der Waals surface area contributed by atoms with E-state index < -0.39 is 15.8 Å². The Labute approximate surface area is 218 Å². The van der Waals surface area contributed by atoms with Crippen LogP contribution in [0.3, 0.4) is 0 Å². The van der Waals surface area contributed by atoms with E-state index in [0.29, 0.717) is 48.2 Å². The van der Waals surface area contributed by atoms with Gasteiger partial charge in [0, 0.05) is 58.3 Å². The van der Waals surface area contributed by atoms with Gasteiger partial charge in [-0.05, 0) is 35.0 Å². The number of aromatic nitrogens is 1. The molecule has 0 spiro atoms. The Hall–Kier alpha value is -2.73. The van der Waals surface area contributed by atoms with Crippen LogP contribution < -0.4 is 4.80 Å². The van der Waals surface area contributed by atoms with Gasteiger partial charge in [-0.2, -0.15) is 0 Å². The average Bonchev–Trinajstić information content (AvgIpc) is 3.18. The van der Waals surface area contributed by atoms with Gasteiger partial charge in [-0.25, -0.2) is 13.2 Å².